The summed E-state index contributed by atoms with van der Waals surface area (Å²) in [6, 6.07) is 6.98. The number of hydroxylamine groups is 1. The van der Waals surface area contributed by atoms with Gasteiger partial charge in [-0.1, -0.05) is 18.2 Å². The lowest BCUT2D eigenvalue weighted by molar-refractivity contribution is -0.134. The number of methoxy groups -OCH3 is 1. The van der Waals surface area contributed by atoms with Gasteiger partial charge in [-0.15, -0.1) is 11.8 Å². The van der Waals surface area contributed by atoms with Gasteiger partial charge in [0.15, 0.2) is 11.6 Å². The van der Waals surface area contributed by atoms with E-state index in [2.05, 4.69) is 5.48 Å². The van der Waals surface area contributed by atoms with Gasteiger partial charge in [0.25, 0.3) is 11.5 Å². The summed E-state index contributed by atoms with van der Waals surface area (Å²) in [7, 11) is 2.57. The molecular weight excluding hydrogens is 469 g/mol. The van der Waals surface area contributed by atoms with Crippen LogP contribution in [0.15, 0.2) is 46.2 Å². The first-order valence-electron chi connectivity index (χ1n) is 10.3. The molecule has 2 aromatic carbocycles. The lowest BCUT2D eigenvalue weighted by Gasteiger charge is -2.20. The predicted molar refractivity (Wildman–Crippen MR) is 121 cm³/mol. The van der Waals surface area contributed by atoms with Crippen molar-refractivity contribution in [2.75, 3.05) is 20.0 Å². The zero-order chi connectivity index (χ0) is 24.6. The van der Waals surface area contributed by atoms with Gasteiger partial charge in [-0.3, -0.25) is 19.0 Å². The highest BCUT2D eigenvalue weighted by molar-refractivity contribution is 7.99. The third-order valence-corrected chi connectivity index (χ3v) is 7.00. The van der Waals surface area contributed by atoms with Gasteiger partial charge >= 0.3 is 0 Å². The summed E-state index contributed by atoms with van der Waals surface area (Å²) in [6.07, 6.45) is -0.190. The Balaban J connectivity index is 2.02. The second-order valence-corrected chi connectivity index (χ2v) is 8.66. The number of fused-ring (bicyclic) bond motifs is 1. The van der Waals surface area contributed by atoms with E-state index in [9.17, 15) is 18.4 Å². The number of hydrogen-bond donors (Lipinski definition) is 1. The van der Waals surface area contributed by atoms with E-state index in [0.29, 0.717) is 16.2 Å². The maximum absolute atomic E-state index is 15.2. The van der Waals surface area contributed by atoms with Gasteiger partial charge in [-0.05, 0) is 36.2 Å². The van der Waals surface area contributed by atoms with Crippen LogP contribution < -0.4 is 15.8 Å². The summed E-state index contributed by atoms with van der Waals surface area (Å²) < 4.78 is 50.6. The van der Waals surface area contributed by atoms with E-state index >= 15 is 4.39 Å². The van der Waals surface area contributed by atoms with Crippen molar-refractivity contribution in [2.45, 2.75) is 24.4 Å². The van der Waals surface area contributed by atoms with Gasteiger partial charge in [-0.2, -0.15) is 0 Å². The smallest absolute Gasteiger partial charge is 0.267 e. The van der Waals surface area contributed by atoms with Crippen LogP contribution in [0.1, 0.15) is 22.7 Å². The molecule has 10 heteroatoms. The Kier molecular flexibility index (Phi) is 6.72. The Morgan fingerprint density at radius 2 is 1.79 bits per heavy atom. The first-order valence-corrected chi connectivity index (χ1v) is 11.3. The van der Waals surface area contributed by atoms with E-state index in [1.165, 1.54) is 54.8 Å². The van der Waals surface area contributed by atoms with Crippen LogP contribution >= 0.6 is 11.8 Å². The minimum atomic E-state index is -0.954. The molecule has 0 aliphatic carbocycles. The maximum atomic E-state index is 15.2. The fourth-order valence-corrected chi connectivity index (χ4v) is 5.49. The van der Waals surface area contributed by atoms with Gasteiger partial charge < -0.3 is 4.74 Å². The number of hydrogen-bond acceptors (Lipinski definition) is 5. The zero-order valence-electron chi connectivity index (χ0n) is 18.6. The average molecular weight is 491 g/mol. The van der Waals surface area contributed by atoms with Crippen LogP contribution in [0.3, 0.4) is 0 Å². The van der Waals surface area contributed by atoms with Crippen LogP contribution in [0.4, 0.5) is 13.2 Å². The number of halogens is 3. The van der Waals surface area contributed by atoms with Crippen LogP contribution in [0, 0.1) is 24.4 Å². The highest BCUT2D eigenvalue weighted by Gasteiger charge is 2.35. The molecule has 0 bridgehead atoms. The quantitative estimate of drug-likeness (QED) is 0.526. The number of carbonyl (C=O) groups is 1. The van der Waals surface area contributed by atoms with E-state index in [0.717, 1.165) is 12.1 Å². The number of nitrogens with zero attached hydrogens (tertiary/aromatic N) is 1. The topological polar surface area (TPSA) is 69.6 Å². The Hall–Kier alpha value is -3.24. The van der Waals surface area contributed by atoms with Crippen molar-refractivity contribution < 1.29 is 27.5 Å². The van der Waals surface area contributed by atoms with Gasteiger partial charge in [0, 0.05) is 23.3 Å². The first kappa shape index (κ1) is 23.9. The summed E-state index contributed by atoms with van der Waals surface area (Å²) in [5.41, 5.74) is 2.19. The fourth-order valence-electron chi connectivity index (χ4n) is 4.13. The summed E-state index contributed by atoms with van der Waals surface area (Å²) in [6.45, 7) is 1.60. The van der Waals surface area contributed by atoms with Crippen molar-refractivity contribution in [1.82, 2.24) is 10.0 Å². The van der Waals surface area contributed by atoms with Crippen LogP contribution in [0.2, 0.25) is 0 Å². The molecular formula is C24H21F3N2O4S. The third-order valence-electron chi connectivity index (χ3n) is 5.80. The Morgan fingerprint density at radius 1 is 1.12 bits per heavy atom. The van der Waals surface area contributed by atoms with Crippen molar-refractivity contribution in [3.63, 3.8) is 0 Å². The summed E-state index contributed by atoms with van der Waals surface area (Å²) in [5, 5.41) is 0.397. The van der Waals surface area contributed by atoms with Crippen LogP contribution in [0.5, 0.6) is 5.75 Å². The number of benzene rings is 2. The molecule has 1 aliphatic rings. The number of rotatable bonds is 6. The minimum Gasteiger partial charge on any atom is -0.494 e. The summed E-state index contributed by atoms with van der Waals surface area (Å²) in [5.74, 6) is -2.67. The molecule has 1 N–H and O–H groups in total. The molecule has 0 saturated carbocycles. The number of carbonyl (C=O) groups excluding carboxylic acids is 1. The van der Waals surface area contributed by atoms with Crippen molar-refractivity contribution >= 4 is 17.7 Å². The maximum Gasteiger partial charge on any atom is 0.267 e. The molecule has 1 atom stereocenters. The van der Waals surface area contributed by atoms with Gasteiger partial charge in [0.05, 0.1) is 24.8 Å². The van der Waals surface area contributed by atoms with Crippen LogP contribution in [0.25, 0.3) is 11.1 Å². The molecule has 178 valence electrons. The highest BCUT2D eigenvalue weighted by Crippen LogP contribution is 2.40. The average Bonchev–Trinajstić information content (AvgIpc) is 3.25. The Morgan fingerprint density at radius 3 is 2.44 bits per heavy atom. The number of pyridine rings is 1. The first-order chi connectivity index (χ1) is 16.3. The lowest BCUT2D eigenvalue weighted by Crippen LogP contribution is -2.37. The standard InChI is InChI=1S/C24H21F3N2O4S/c1-12-14(10-15-16(25)7-5-8-17(15)26)24-29(18(11-34-24)22(30)28-33-3)23(31)20(12)13-6-4-9-19(32-2)21(13)27/h4-9,18H,10-11H2,1-3H3,(H,28,30). The second-order valence-electron chi connectivity index (χ2n) is 7.65. The van der Waals surface area contributed by atoms with Gasteiger partial charge in [0.2, 0.25) is 0 Å². The van der Waals surface area contributed by atoms with E-state index < -0.39 is 35.0 Å². The second kappa shape index (κ2) is 9.55. The van der Waals surface area contributed by atoms with Crippen molar-refractivity contribution in [2.24, 2.45) is 0 Å². The van der Waals surface area contributed by atoms with Crippen molar-refractivity contribution in [1.29, 1.82) is 0 Å². The molecule has 0 saturated heterocycles. The van der Waals surface area contributed by atoms with E-state index in [-0.39, 0.29) is 34.6 Å². The highest BCUT2D eigenvalue weighted by atomic mass is 32.2. The molecule has 1 aromatic heterocycles. The van der Waals surface area contributed by atoms with Gasteiger partial charge in [-0.25, -0.2) is 18.7 Å². The number of amides is 1. The number of aromatic nitrogens is 1. The van der Waals surface area contributed by atoms with E-state index in [4.69, 9.17) is 9.57 Å². The molecule has 0 spiro atoms. The summed E-state index contributed by atoms with van der Waals surface area (Å²) >= 11 is 1.22. The minimum absolute atomic E-state index is 0.00962. The number of thioether (sulfide) groups is 1. The largest absolute Gasteiger partial charge is 0.494 e. The van der Waals surface area contributed by atoms with E-state index in [1.807, 2.05) is 0 Å². The monoisotopic (exact) mass is 490 g/mol. The van der Waals surface area contributed by atoms with Gasteiger partial charge in [0.1, 0.15) is 17.7 Å². The van der Waals surface area contributed by atoms with Crippen LogP contribution in [-0.4, -0.2) is 30.4 Å². The lowest BCUT2D eigenvalue weighted by atomic mass is 9.94. The molecule has 3 aromatic rings. The molecule has 1 amide bonds. The number of nitrogens with one attached hydrogen (secondary N) is 1. The molecule has 0 radical (unpaired) electrons. The third kappa shape index (κ3) is 3.97. The molecule has 6 nitrogen and oxygen atoms in total. The molecule has 0 fully saturated rings. The Bertz CT molecular complexity index is 1320. The Labute approximate surface area is 197 Å². The normalized spacial score (nSPS) is 14.7. The van der Waals surface area contributed by atoms with E-state index in [1.54, 1.807) is 6.92 Å². The molecule has 4 rings (SSSR count). The molecule has 34 heavy (non-hydrogen) atoms. The van der Waals surface area contributed by atoms with Crippen LogP contribution in [-0.2, 0) is 16.1 Å². The predicted octanol–water partition coefficient (Wildman–Crippen LogP) is 4.16. The summed E-state index contributed by atoms with van der Waals surface area (Å²) in [4.78, 5) is 31.0. The zero-order valence-corrected chi connectivity index (χ0v) is 19.4. The van der Waals surface area contributed by atoms with Crippen molar-refractivity contribution in [3.05, 3.63) is 80.9 Å². The number of ether oxygens (including phenoxy) is 1. The van der Waals surface area contributed by atoms with Crippen molar-refractivity contribution in [3.8, 4) is 16.9 Å². The SMILES string of the molecule is CONC(=O)C1CSc2c(Cc3c(F)cccc3F)c(C)c(-c3cccc(OC)c3F)c(=O)n21. The molecule has 2 heterocycles. The fraction of sp³-hybridized carbons (Fsp3) is 0.250. The molecule has 1 unspecified atom stereocenters. The molecule has 1 aliphatic heterocycles.